The third kappa shape index (κ3) is 1.08. The Morgan fingerprint density at radius 2 is 2.00 bits per heavy atom. The summed E-state index contributed by atoms with van der Waals surface area (Å²) in [5.74, 6) is 0.510. The SMILES string of the molecule is Cc1oc2cc3c(cc2c1C(=O)O)OCO3. The summed E-state index contributed by atoms with van der Waals surface area (Å²) in [6.45, 7) is 1.78. The van der Waals surface area contributed by atoms with Gasteiger partial charge in [0.15, 0.2) is 11.5 Å². The lowest BCUT2D eigenvalue weighted by atomic mass is 10.1. The van der Waals surface area contributed by atoms with Crippen LogP contribution in [0.5, 0.6) is 11.5 Å². The van der Waals surface area contributed by atoms with Gasteiger partial charge in [0.05, 0.1) is 0 Å². The summed E-state index contributed by atoms with van der Waals surface area (Å²) >= 11 is 0. The van der Waals surface area contributed by atoms with Crippen molar-refractivity contribution in [2.24, 2.45) is 0 Å². The molecule has 5 nitrogen and oxygen atoms in total. The van der Waals surface area contributed by atoms with Gasteiger partial charge in [-0.15, -0.1) is 0 Å². The van der Waals surface area contributed by atoms with Gasteiger partial charge in [-0.3, -0.25) is 0 Å². The number of hydrogen-bond acceptors (Lipinski definition) is 4. The molecule has 0 amide bonds. The van der Waals surface area contributed by atoms with Gasteiger partial charge in [-0.25, -0.2) is 4.79 Å². The van der Waals surface area contributed by atoms with E-state index >= 15 is 0 Å². The molecule has 3 rings (SSSR count). The minimum Gasteiger partial charge on any atom is -0.478 e. The maximum Gasteiger partial charge on any atom is 0.339 e. The first-order valence-corrected chi connectivity index (χ1v) is 4.73. The van der Waals surface area contributed by atoms with Gasteiger partial charge in [0.2, 0.25) is 6.79 Å². The summed E-state index contributed by atoms with van der Waals surface area (Å²) in [5.41, 5.74) is 0.674. The average Bonchev–Trinajstić information content (AvgIpc) is 2.75. The quantitative estimate of drug-likeness (QED) is 0.797. The molecule has 16 heavy (non-hydrogen) atoms. The van der Waals surface area contributed by atoms with E-state index in [1.54, 1.807) is 19.1 Å². The largest absolute Gasteiger partial charge is 0.478 e. The molecule has 1 aliphatic heterocycles. The lowest BCUT2D eigenvalue weighted by Gasteiger charge is -1.95. The van der Waals surface area contributed by atoms with Crippen LogP contribution >= 0.6 is 0 Å². The Balaban J connectivity index is 2.36. The zero-order valence-electron chi connectivity index (χ0n) is 8.44. The predicted molar refractivity (Wildman–Crippen MR) is 54.0 cm³/mol. The third-order valence-corrected chi connectivity index (χ3v) is 2.57. The van der Waals surface area contributed by atoms with E-state index < -0.39 is 5.97 Å². The van der Waals surface area contributed by atoms with E-state index in [2.05, 4.69) is 0 Å². The Hall–Kier alpha value is -2.17. The smallest absolute Gasteiger partial charge is 0.339 e. The normalized spacial score (nSPS) is 13.3. The molecule has 2 heterocycles. The number of aromatic carboxylic acids is 1. The van der Waals surface area contributed by atoms with Crippen molar-refractivity contribution in [3.63, 3.8) is 0 Å². The number of benzene rings is 1. The monoisotopic (exact) mass is 220 g/mol. The van der Waals surface area contributed by atoms with E-state index in [1.807, 2.05) is 0 Å². The van der Waals surface area contributed by atoms with Crippen molar-refractivity contribution in [1.29, 1.82) is 0 Å². The minimum atomic E-state index is -1.00. The second kappa shape index (κ2) is 2.91. The van der Waals surface area contributed by atoms with Gasteiger partial charge < -0.3 is 19.0 Å². The van der Waals surface area contributed by atoms with Gasteiger partial charge >= 0.3 is 5.97 Å². The van der Waals surface area contributed by atoms with Crippen molar-refractivity contribution >= 4 is 16.9 Å². The standard InChI is InChI=1S/C11H8O5/c1-5-10(11(12)13)6-2-8-9(15-4-14-8)3-7(6)16-5/h2-3H,4H2,1H3,(H,12,13). The molecule has 0 saturated carbocycles. The molecule has 0 bridgehead atoms. The Kier molecular flexibility index (Phi) is 1.65. The highest BCUT2D eigenvalue weighted by atomic mass is 16.7. The molecule has 0 fully saturated rings. The number of carboxylic acid groups (broad SMARTS) is 1. The number of hydrogen-bond donors (Lipinski definition) is 1. The maximum absolute atomic E-state index is 11.1. The van der Waals surface area contributed by atoms with E-state index in [0.29, 0.717) is 28.2 Å². The highest BCUT2D eigenvalue weighted by molar-refractivity contribution is 6.04. The highest BCUT2D eigenvalue weighted by Crippen LogP contribution is 2.38. The Bertz CT molecular complexity index is 596. The number of furan rings is 1. The number of rotatable bonds is 1. The Labute approximate surface area is 90.2 Å². The molecule has 5 heteroatoms. The number of fused-ring (bicyclic) bond motifs is 2. The minimum absolute atomic E-state index is 0.156. The van der Waals surface area contributed by atoms with Crippen LogP contribution in [0.3, 0.4) is 0 Å². The van der Waals surface area contributed by atoms with E-state index in [-0.39, 0.29) is 12.4 Å². The molecular formula is C11H8O5. The number of ether oxygens (including phenoxy) is 2. The summed E-state index contributed by atoms with van der Waals surface area (Å²) in [6.07, 6.45) is 0. The number of carbonyl (C=O) groups is 1. The van der Waals surface area contributed by atoms with E-state index in [0.717, 1.165) is 0 Å². The fraction of sp³-hybridized carbons (Fsp3) is 0.182. The molecule has 0 radical (unpaired) electrons. The molecule has 1 aromatic carbocycles. The fourth-order valence-electron chi connectivity index (χ4n) is 1.87. The second-order valence-corrected chi connectivity index (χ2v) is 3.54. The van der Waals surface area contributed by atoms with Gasteiger partial charge in [-0.2, -0.15) is 0 Å². The van der Waals surface area contributed by atoms with Crippen molar-refractivity contribution in [2.45, 2.75) is 6.92 Å². The first-order valence-electron chi connectivity index (χ1n) is 4.73. The summed E-state index contributed by atoms with van der Waals surface area (Å²) < 4.78 is 15.7. The zero-order chi connectivity index (χ0) is 11.3. The summed E-state index contributed by atoms with van der Waals surface area (Å²) in [4.78, 5) is 11.1. The van der Waals surface area contributed by atoms with Crippen molar-refractivity contribution in [3.05, 3.63) is 23.5 Å². The highest BCUT2D eigenvalue weighted by Gasteiger charge is 2.22. The van der Waals surface area contributed by atoms with Gasteiger partial charge in [0.25, 0.3) is 0 Å². The average molecular weight is 220 g/mol. The second-order valence-electron chi connectivity index (χ2n) is 3.54. The van der Waals surface area contributed by atoms with E-state index in [4.69, 9.17) is 19.0 Å². The van der Waals surface area contributed by atoms with Gasteiger partial charge in [0, 0.05) is 11.5 Å². The van der Waals surface area contributed by atoms with Crippen LogP contribution in [0.4, 0.5) is 0 Å². The van der Waals surface area contributed by atoms with Crippen LogP contribution in [0.2, 0.25) is 0 Å². The van der Waals surface area contributed by atoms with Crippen LogP contribution in [0.15, 0.2) is 16.5 Å². The summed E-state index contributed by atoms with van der Waals surface area (Å²) in [5, 5.41) is 9.61. The van der Waals surface area contributed by atoms with Crippen LogP contribution in [-0.4, -0.2) is 17.9 Å². The molecule has 0 aliphatic carbocycles. The molecule has 2 aromatic rings. The van der Waals surface area contributed by atoms with Crippen molar-refractivity contribution in [1.82, 2.24) is 0 Å². The molecule has 1 N–H and O–H groups in total. The van der Waals surface area contributed by atoms with Crippen molar-refractivity contribution in [3.8, 4) is 11.5 Å². The molecule has 1 aliphatic rings. The topological polar surface area (TPSA) is 68.9 Å². The maximum atomic E-state index is 11.1. The molecule has 0 saturated heterocycles. The fourth-order valence-corrected chi connectivity index (χ4v) is 1.87. The molecule has 0 atom stereocenters. The van der Waals surface area contributed by atoms with Gasteiger partial charge in [-0.1, -0.05) is 0 Å². The predicted octanol–water partition coefficient (Wildman–Crippen LogP) is 2.17. The third-order valence-electron chi connectivity index (χ3n) is 2.57. The van der Waals surface area contributed by atoms with E-state index in [9.17, 15) is 4.79 Å². The summed E-state index contributed by atoms with van der Waals surface area (Å²) in [7, 11) is 0. The number of aryl methyl sites for hydroxylation is 1. The number of carboxylic acids is 1. The van der Waals surface area contributed by atoms with Crippen LogP contribution < -0.4 is 9.47 Å². The molecule has 0 spiro atoms. The molecule has 82 valence electrons. The summed E-state index contributed by atoms with van der Waals surface area (Å²) in [6, 6.07) is 3.29. The van der Waals surface area contributed by atoms with Crippen LogP contribution in [-0.2, 0) is 0 Å². The molecule has 0 unspecified atom stereocenters. The Morgan fingerprint density at radius 3 is 2.69 bits per heavy atom. The lowest BCUT2D eigenvalue weighted by molar-refractivity contribution is 0.0697. The first kappa shape index (κ1) is 9.08. The first-order chi connectivity index (χ1) is 7.66. The van der Waals surface area contributed by atoms with Crippen LogP contribution in [0.1, 0.15) is 16.1 Å². The van der Waals surface area contributed by atoms with E-state index in [1.165, 1.54) is 0 Å². The van der Waals surface area contributed by atoms with Gasteiger partial charge in [-0.05, 0) is 13.0 Å². The van der Waals surface area contributed by atoms with Crippen LogP contribution in [0.25, 0.3) is 11.0 Å². The van der Waals surface area contributed by atoms with Gasteiger partial charge in [0.1, 0.15) is 16.9 Å². The van der Waals surface area contributed by atoms with Crippen molar-refractivity contribution in [2.75, 3.05) is 6.79 Å². The Morgan fingerprint density at radius 1 is 1.31 bits per heavy atom. The van der Waals surface area contributed by atoms with Crippen molar-refractivity contribution < 1.29 is 23.8 Å². The zero-order valence-corrected chi connectivity index (χ0v) is 8.44. The molecule has 1 aromatic heterocycles. The molecular weight excluding hydrogens is 212 g/mol. The lowest BCUT2D eigenvalue weighted by Crippen LogP contribution is -1.96. The van der Waals surface area contributed by atoms with Crippen LogP contribution in [0, 0.1) is 6.92 Å².